The third kappa shape index (κ3) is 2.33. The van der Waals surface area contributed by atoms with Gasteiger partial charge in [-0.05, 0) is 18.9 Å². The van der Waals surface area contributed by atoms with Crippen LogP contribution in [0.2, 0.25) is 5.02 Å². The molecule has 0 atom stereocenters. The number of carbonyl (C=O) groups excluding carboxylic acids is 1. The van der Waals surface area contributed by atoms with Crippen molar-refractivity contribution in [2.45, 2.75) is 18.9 Å². The van der Waals surface area contributed by atoms with Crippen LogP contribution in [0.3, 0.4) is 0 Å². The summed E-state index contributed by atoms with van der Waals surface area (Å²) in [6.45, 7) is 0.218. The molecule has 82 valence electrons. The topological polar surface area (TPSA) is 54.3 Å². The molecule has 1 fully saturated rings. The van der Waals surface area contributed by atoms with Crippen molar-refractivity contribution in [1.29, 1.82) is 0 Å². The number of aliphatic hydroxyl groups is 1. The van der Waals surface area contributed by atoms with Crippen LogP contribution in [-0.2, 0) is 0 Å². The van der Waals surface area contributed by atoms with Crippen molar-refractivity contribution in [3.8, 4) is 0 Å². The molecule has 0 saturated heterocycles. The van der Waals surface area contributed by atoms with Crippen molar-refractivity contribution in [3.05, 3.63) is 23.0 Å². The molecule has 1 aromatic heterocycles. The minimum absolute atomic E-state index is 0.0520. The molecule has 5 heteroatoms. The van der Waals surface area contributed by atoms with Crippen LogP contribution in [0.15, 0.2) is 12.3 Å². The van der Waals surface area contributed by atoms with Gasteiger partial charge < -0.3 is 15.0 Å². The molecule has 0 radical (unpaired) electrons. The van der Waals surface area contributed by atoms with E-state index in [1.807, 2.05) is 4.57 Å². The Labute approximate surface area is 92.8 Å². The first-order valence-corrected chi connectivity index (χ1v) is 5.36. The molecule has 0 aliphatic heterocycles. The second-order valence-electron chi connectivity index (χ2n) is 3.66. The zero-order chi connectivity index (χ0) is 10.8. The lowest BCUT2D eigenvalue weighted by Gasteiger charge is -2.07. The van der Waals surface area contributed by atoms with E-state index in [1.54, 1.807) is 12.3 Å². The molecule has 1 aromatic rings. The third-order valence-corrected chi connectivity index (χ3v) is 2.59. The number of amides is 1. The SMILES string of the molecule is O=C(NCCO)c1cc(Cl)cn1C1CC1. The number of hydrogen-bond donors (Lipinski definition) is 2. The average Bonchev–Trinajstić information content (AvgIpc) is 2.98. The lowest BCUT2D eigenvalue weighted by Crippen LogP contribution is -2.28. The van der Waals surface area contributed by atoms with E-state index in [0.717, 1.165) is 12.8 Å². The molecule has 1 amide bonds. The second-order valence-corrected chi connectivity index (χ2v) is 4.10. The van der Waals surface area contributed by atoms with Gasteiger partial charge in [0.1, 0.15) is 5.69 Å². The van der Waals surface area contributed by atoms with Gasteiger partial charge in [-0.2, -0.15) is 0 Å². The van der Waals surface area contributed by atoms with E-state index in [9.17, 15) is 4.79 Å². The first kappa shape index (κ1) is 10.5. The van der Waals surface area contributed by atoms with Crippen molar-refractivity contribution in [1.82, 2.24) is 9.88 Å². The maximum absolute atomic E-state index is 11.7. The lowest BCUT2D eigenvalue weighted by molar-refractivity contribution is 0.0935. The molecular formula is C10H13ClN2O2. The number of halogens is 1. The minimum atomic E-state index is -0.178. The largest absolute Gasteiger partial charge is 0.395 e. The highest BCUT2D eigenvalue weighted by Gasteiger charge is 2.27. The molecule has 0 spiro atoms. The molecule has 0 unspecified atom stereocenters. The first-order chi connectivity index (χ1) is 7.22. The standard InChI is InChI=1S/C10H13ClN2O2/c11-7-5-9(10(15)12-3-4-14)13(6-7)8-1-2-8/h5-6,8,14H,1-4H2,(H,12,15). The minimum Gasteiger partial charge on any atom is -0.395 e. The van der Waals surface area contributed by atoms with Crippen molar-refractivity contribution < 1.29 is 9.90 Å². The molecule has 4 nitrogen and oxygen atoms in total. The van der Waals surface area contributed by atoms with Crippen LogP contribution in [0, 0.1) is 0 Å². The Morgan fingerprint density at radius 1 is 1.67 bits per heavy atom. The van der Waals surface area contributed by atoms with Gasteiger partial charge in [-0.15, -0.1) is 0 Å². The highest BCUT2D eigenvalue weighted by molar-refractivity contribution is 6.31. The van der Waals surface area contributed by atoms with Crippen molar-refractivity contribution in [3.63, 3.8) is 0 Å². The number of nitrogens with one attached hydrogen (secondary N) is 1. The van der Waals surface area contributed by atoms with E-state index in [-0.39, 0.29) is 19.1 Å². The third-order valence-electron chi connectivity index (χ3n) is 2.39. The Morgan fingerprint density at radius 2 is 2.40 bits per heavy atom. The van der Waals surface area contributed by atoms with Gasteiger partial charge >= 0.3 is 0 Å². The number of hydrogen-bond acceptors (Lipinski definition) is 2. The summed E-state index contributed by atoms with van der Waals surface area (Å²) < 4.78 is 1.91. The van der Waals surface area contributed by atoms with Crippen LogP contribution in [0.5, 0.6) is 0 Å². The molecule has 0 bridgehead atoms. The lowest BCUT2D eigenvalue weighted by atomic mass is 10.4. The Hall–Kier alpha value is -1.00. The highest BCUT2D eigenvalue weighted by atomic mass is 35.5. The van der Waals surface area contributed by atoms with Gasteiger partial charge in [0.15, 0.2) is 0 Å². The fraction of sp³-hybridized carbons (Fsp3) is 0.500. The molecule has 1 aliphatic rings. The normalized spacial score (nSPS) is 15.3. The monoisotopic (exact) mass is 228 g/mol. The van der Waals surface area contributed by atoms with Crippen LogP contribution >= 0.6 is 11.6 Å². The van der Waals surface area contributed by atoms with Gasteiger partial charge in [-0.3, -0.25) is 4.79 Å². The molecule has 15 heavy (non-hydrogen) atoms. The highest BCUT2D eigenvalue weighted by Crippen LogP contribution is 2.37. The molecule has 0 aromatic carbocycles. The molecule has 1 heterocycles. The summed E-state index contributed by atoms with van der Waals surface area (Å²) in [7, 11) is 0. The predicted octanol–water partition coefficient (Wildman–Crippen LogP) is 1.20. The molecular weight excluding hydrogens is 216 g/mol. The second kappa shape index (κ2) is 4.24. The molecule has 2 rings (SSSR count). The maximum Gasteiger partial charge on any atom is 0.268 e. The summed E-state index contributed by atoms with van der Waals surface area (Å²) in [5, 5.41) is 11.8. The fourth-order valence-electron chi connectivity index (χ4n) is 1.54. The number of nitrogens with zero attached hydrogens (tertiary/aromatic N) is 1. The van der Waals surface area contributed by atoms with Crippen LogP contribution in [0.1, 0.15) is 29.4 Å². The van der Waals surface area contributed by atoms with Crippen LogP contribution in [0.25, 0.3) is 0 Å². The molecule has 2 N–H and O–H groups in total. The van der Waals surface area contributed by atoms with E-state index >= 15 is 0 Å². The Kier molecular flexibility index (Phi) is 2.98. The fourth-order valence-corrected chi connectivity index (χ4v) is 1.75. The van der Waals surface area contributed by atoms with Gasteiger partial charge in [-0.25, -0.2) is 0 Å². The molecule has 1 aliphatic carbocycles. The average molecular weight is 229 g/mol. The van der Waals surface area contributed by atoms with E-state index in [1.165, 1.54) is 0 Å². The van der Waals surface area contributed by atoms with Crippen molar-refractivity contribution in [2.75, 3.05) is 13.2 Å². The first-order valence-electron chi connectivity index (χ1n) is 4.99. The van der Waals surface area contributed by atoms with E-state index in [0.29, 0.717) is 16.8 Å². The van der Waals surface area contributed by atoms with E-state index in [4.69, 9.17) is 16.7 Å². The zero-order valence-corrected chi connectivity index (χ0v) is 9.00. The van der Waals surface area contributed by atoms with Gasteiger partial charge in [0.05, 0.1) is 11.6 Å². The van der Waals surface area contributed by atoms with Gasteiger partial charge in [0.2, 0.25) is 0 Å². The summed E-state index contributed by atoms with van der Waals surface area (Å²) in [6.07, 6.45) is 3.99. The van der Waals surface area contributed by atoms with E-state index in [2.05, 4.69) is 5.32 Å². The smallest absolute Gasteiger partial charge is 0.268 e. The summed E-state index contributed by atoms with van der Waals surface area (Å²) in [5.74, 6) is -0.178. The summed E-state index contributed by atoms with van der Waals surface area (Å²) in [6, 6.07) is 2.08. The Bertz CT molecular complexity index is 371. The number of carbonyl (C=O) groups is 1. The summed E-state index contributed by atoms with van der Waals surface area (Å²) in [4.78, 5) is 11.7. The quantitative estimate of drug-likeness (QED) is 0.814. The van der Waals surface area contributed by atoms with Crippen LogP contribution in [0.4, 0.5) is 0 Å². The van der Waals surface area contributed by atoms with E-state index < -0.39 is 0 Å². The Balaban J connectivity index is 2.14. The predicted molar refractivity (Wildman–Crippen MR) is 57.1 cm³/mol. The van der Waals surface area contributed by atoms with Crippen LogP contribution in [-0.4, -0.2) is 28.7 Å². The maximum atomic E-state index is 11.7. The van der Waals surface area contributed by atoms with Gasteiger partial charge in [0, 0.05) is 18.8 Å². The number of aliphatic hydroxyl groups excluding tert-OH is 1. The van der Waals surface area contributed by atoms with Crippen molar-refractivity contribution >= 4 is 17.5 Å². The zero-order valence-electron chi connectivity index (χ0n) is 8.24. The Morgan fingerprint density at radius 3 is 3.00 bits per heavy atom. The van der Waals surface area contributed by atoms with Crippen molar-refractivity contribution in [2.24, 2.45) is 0 Å². The number of aromatic nitrogens is 1. The summed E-state index contributed by atoms with van der Waals surface area (Å²) >= 11 is 5.87. The van der Waals surface area contributed by atoms with Gasteiger partial charge in [-0.1, -0.05) is 11.6 Å². The number of rotatable bonds is 4. The molecule has 1 saturated carbocycles. The van der Waals surface area contributed by atoms with Gasteiger partial charge in [0.25, 0.3) is 5.91 Å². The van der Waals surface area contributed by atoms with Crippen LogP contribution < -0.4 is 5.32 Å². The summed E-state index contributed by atoms with van der Waals surface area (Å²) in [5.41, 5.74) is 0.580.